The van der Waals surface area contributed by atoms with Gasteiger partial charge in [0, 0.05) is 6.61 Å². The molecule has 0 aliphatic heterocycles. The minimum Gasteiger partial charge on any atom is -0.469 e. The van der Waals surface area contributed by atoms with E-state index in [1.54, 1.807) is 0 Å². The summed E-state index contributed by atoms with van der Waals surface area (Å²) in [6.45, 7) is 2.32. The Labute approximate surface area is 83.3 Å². The van der Waals surface area contributed by atoms with E-state index in [9.17, 15) is 9.59 Å². The number of carbonyl (C=O) groups excluding carboxylic acids is 2. The first-order chi connectivity index (χ1) is 6.65. The molecule has 0 radical (unpaired) electrons. The van der Waals surface area contributed by atoms with E-state index in [1.165, 1.54) is 14.2 Å². The molecule has 1 atom stereocenters. The van der Waals surface area contributed by atoms with Crippen molar-refractivity contribution < 1.29 is 23.8 Å². The molecule has 0 saturated carbocycles. The van der Waals surface area contributed by atoms with Gasteiger partial charge in [0.05, 0.1) is 20.6 Å². The highest BCUT2D eigenvalue weighted by Crippen LogP contribution is 2.03. The van der Waals surface area contributed by atoms with E-state index in [1.807, 2.05) is 6.92 Å². The van der Waals surface area contributed by atoms with Crippen molar-refractivity contribution in [3.8, 4) is 0 Å². The molecular weight excluding hydrogens is 188 g/mol. The number of methoxy groups -OCH3 is 2. The number of hydrogen-bond acceptors (Lipinski definition) is 5. The minimum atomic E-state index is -0.854. The monoisotopic (exact) mass is 204 g/mol. The lowest BCUT2D eigenvalue weighted by molar-refractivity contribution is -0.160. The Bertz CT molecular complexity index is 190. The predicted molar refractivity (Wildman–Crippen MR) is 48.7 cm³/mol. The smallest absolute Gasteiger partial charge is 0.335 e. The maximum Gasteiger partial charge on any atom is 0.335 e. The van der Waals surface area contributed by atoms with E-state index in [0.717, 1.165) is 6.42 Å². The number of carbonyl (C=O) groups is 2. The van der Waals surface area contributed by atoms with Gasteiger partial charge in [0.25, 0.3) is 0 Å². The van der Waals surface area contributed by atoms with Gasteiger partial charge in [-0.1, -0.05) is 6.92 Å². The topological polar surface area (TPSA) is 61.8 Å². The lowest BCUT2D eigenvalue weighted by Crippen LogP contribution is -2.29. The third-order valence-electron chi connectivity index (χ3n) is 1.57. The molecule has 0 aromatic heterocycles. The third-order valence-corrected chi connectivity index (χ3v) is 1.57. The molecule has 0 heterocycles. The fourth-order valence-electron chi connectivity index (χ4n) is 0.837. The number of ether oxygens (including phenoxy) is 3. The van der Waals surface area contributed by atoms with E-state index >= 15 is 0 Å². The second kappa shape index (κ2) is 7.32. The summed E-state index contributed by atoms with van der Waals surface area (Å²) in [5.74, 6) is -1.04. The number of esters is 2. The molecule has 14 heavy (non-hydrogen) atoms. The lowest BCUT2D eigenvalue weighted by Gasteiger charge is -2.13. The molecule has 0 aromatic rings. The van der Waals surface area contributed by atoms with Crippen LogP contribution in [0, 0.1) is 0 Å². The van der Waals surface area contributed by atoms with Crippen LogP contribution in [-0.2, 0) is 23.8 Å². The largest absolute Gasteiger partial charge is 0.469 e. The molecule has 0 fully saturated rings. The Balaban J connectivity index is 4.09. The summed E-state index contributed by atoms with van der Waals surface area (Å²) in [6, 6.07) is 0. The predicted octanol–water partition coefficient (Wildman–Crippen LogP) is 0.518. The highest BCUT2D eigenvalue weighted by atomic mass is 16.6. The summed E-state index contributed by atoms with van der Waals surface area (Å²) in [5.41, 5.74) is 0. The van der Waals surface area contributed by atoms with E-state index in [2.05, 4.69) is 9.47 Å². The highest BCUT2D eigenvalue weighted by molar-refractivity contribution is 5.81. The van der Waals surface area contributed by atoms with Crippen LogP contribution in [0.3, 0.4) is 0 Å². The molecule has 0 aliphatic rings. The summed E-state index contributed by atoms with van der Waals surface area (Å²) < 4.78 is 14.1. The molecule has 0 saturated heterocycles. The van der Waals surface area contributed by atoms with Crippen molar-refractivity contribution in [2.45, 2.75) is 25.9 Å². The van der Waals surface area contributed by atoms with Gasteiger partial charge in [0.15, 0.2) is 6.10 Å². The Morgan fingerprint density at radius 3 is 2.29 bits per heavy atom. The molecule has 5 heteroatoms. The van der Waals surface area contributed by atoms with Crippen LogP contribution in [0.15, 0.2) is 0 Å². The van der Waals surface area contributed by atoms with E-state index in [4.69, 9.17) is 4.74 Å². The molecule has 1 unspecified atom stereocenters. The van der Waals surface area contributed by atoms with E-state index in [-0.39, 0.29) is 6.42 Å². The zero-order chi connectivity index (χ0) is 11.0. The van der Waals surface area contributed by atoms with Crippen molar-refractivity contribution in [2.75, 3.05) is 20.8 Å². The lowest BCUT2D eigenvalue weighted by atomic mass is 10.2. The van der Waals surface area contributed by atoms with Gasteiger partial charge < -0.3 is 14.2 Å². The fraction of sp³-hybridized carbons (Fsp3) is 0.778. The number of rotatable bonds is 6. The molecular formula is C9H16O5. The van der Waals surface area contributed by atoms with Crippen LogP contribution in [0.5, 0.6) is 0 Å². The Morgan fingerprint density at radius 1 is 1.21 bits per heavy atom. The molecule has 0 spiro atoms. The molecule has 0 aromatic carbocycles. The maximum atomic E-state index is 11.1. The van der Waals surface area contributed by atoms with Crippen LogP contribution >= 0.6 is 0 Å². The average Bonchev–Trinajstić information content (AvgIpc) is 2.22. The van der Waals surface area contributed by atoms with Crippen molar-refractivity contribution >= 4 is 11.9 Å². The van der Waals surface area contributed by atoms with Gasteiger partial charge >= 0.3 is 11.9 Å². The summed E-state index contributed by atoms with van der Waals surface area (Å²) in [6.07, 6.45) is -0.190. The first-order valence-corrected chi connectivity index (χ1v) is 4.41. The maximum absolute atomic E-state index is 11.1. The second-order valence-corrected chi connectivity index (χ2v) is 2.66. The molecule has 0 aliphatic carbocycles. The second-order valence-electron chi connectivity index (χ2n) is 2.66. The summed E-state index contributed by atoms with van der Waals surface area (Å²) in [5, 5.41) is 0. The van der Waals surface area contributed by atoms with Gasteiger partial charge in [-0.05, 0) is 6.42 Å². The molecule has 82 valence electrons. The minimum absolute atomic E-state index is 0.108. The summed E-state index contributed by atoms with van der Waals surface area (Å²) in [7, 11) is 2.51. The Kier molecular flexibility index (Phi) is 6.74. The molecule has 0 bridgehead atoms. The Hall–Kier alpha value is -1.10. The Morgan fingerprint density at radius 2 is 1.86 bits per heavy atom. The standard InChI is InChI=1S/C9H16O5/c1-4-5-14-7(9(11)13-3)6-8(10)12-2/h7H,4-6H2,1-3H3. The van der Waals surface area contributed by atoms with Crippen LogP contribution in [0.2, 0.25) is 0 Å². The number of hydrogen-bond donors (Lipinski definition) is 0. The van der Waals surface area contributed by atoms with Crippen molar-refractivity contribution in [2.24, 2.45) is 0 Å². The van der Waals surface area contributed by atoms with E-state index in [0.29, 0.717) is 6.61 Å². The summed E-state index contributed by atoms with van der Waals surface area (Å²) in [4.78, 5) is 22.0. The van der Waals surface area contributed by atoms with Crippen LogP contribution in [0.4, 0.5) is 0 Å². The zero-order valence-electron chi connectivity index (χ0n) is 8.74. The van der Waals surface area contributed by atoms with Gasteiger partial charge in [-0.25, -0.2) is 4.79 Å². The van der Waals surface area contributed by atoms with Gasteiger partial charge in [-0.2, -0.15) is 0 Å². The molecule has 5 nitrogen and oxygen atoms in total. The molecule has 0 amide bonds. The first-order valence-electron chi connectivity index (χ1n) is 4.41. The van der Waals surface area contributed by atoms with Crippen molar-refractivity contribution in [3.63, 3.8) is 0 Å². The van der Waals surface area contributed by atoms with Crippen molar-refractivity contribution in [1.82, 2.24) is 0 Å². The van der Waals surface area contributed by atoms with Gasteiger partial charge in [0.2, 0.25) is 0 Å². The van der Waals surface area contributed by atoms with Crippen LogP contribution in [0.25, 0.3) is 0 Å². The van der Waals surface area contributed by atoms with Crippen molar-refractivity contribution in [3.05, 3.63) is 0 Å². The molecule has 0 N–H and O–H groups in total. The van der Waals surface area contributed by atoms with Crippen LogP contribution in [0.1, 0.15) is 19.8 Å². The van der Waals surface area contributed by atoms with Gasteiger partial charge in [0.1, 0.15) is 0 Å². The first kappa shape index (κ1) is 12.9. The third kappa shape index (κ3) is 4.81. The van der Waals surface area contributed by atoms with Crippen LogP contribution in [-0.4, -0.2) is 38.9 Å². The normalized spacial score (nSPS) is 11.9. The van der Waals surface area contributed by atoms with Gasteiger partial charge in [-0.15, -0.1) is 0 Å². The average molecular weight is 204 g/mol. The highest BCUT2D eigenvalue weighted by Gasteiger charge is 2.23. The SMILES string of the molecule is CCCOC(CC(=O)OC)C(=O)OC. The van der Waals surface area contributed by atoms with E-state index < -0.39 is 18.0 Å². The van der Waals surface area contributed by atoms with Crippen molar-refractivity contribution in [1.29, 1.82) is 0 Å². The molecule has 0 rings (SSSR count). The quantitative estimate of drug-likeness (QED) is 0.590. The zero-order valence-corrected chi connectivity index (χ0v) is 8.74. The summed E-state index contributed by atoms with van der Waals surface area (Å²) >= 11 is 0. The fourth-order valence-corrected chi connectivity index (χ4v) is 0.837. The van der Waals surface area contributed by atoms with Crippen LogP contribution < -0.4 is 0 Å². The van der Waals surface area contributed by atoms with Gasteiger partial charge in [-0.3, -0.25) is 4.79 Å².